The minimum Gasteiger partial charge on any atom is -0.484 e. The number of carbonyl (C=O) groups excluding carboxylic acids is 3. The molecule has 2 amide bonds. The fraction of sp³-hybridized carbons (Fsp3) is 0.500. The van der Waals surface area contributed by atoms with E-state index in [1.807, 2.05) is 26.8 Å². The van der Waals surface area contributed by atoms with Crippen LogP contribution in [0.2, 0.25) is 0 Å². The summed E-state index contributed by atoms with van der Waals surface area (Å²) in [4.78, 5) is 38.4. The Labute approximate surface area is 210 Å². The van der Waals surface area contributed by atoms with E-state index >= 15 is 0 Å². The molecule has 192 valence electrons. The van der Waals surface area contributed by atoms with Crippen LogP contribution in [0.5, 0.6) is 5.75 Å². The highest BCUT2D eigenvalue weighted by Crippen LogP contribution is 2.15. The number of ether oxygens (including phenoxy) is 1. The van der Waals surface area contributed by atoms with Crippen LogP contribution >= 0.6 is 11.8 Å². The molecule has 0 aliphatic rings. The first-order chi connectivity index (χ1) is 16.8. The number of rotatable bonds is 16. The first kappa shape index (κ1) is 28.4. The van der Waals surface area contributed by atoms with Crippen molar-refractivity contribution in [2.75, 3.05) is 12.4 Å². The fourth-order valence-electron chi connectivity index (χ4n) is 3.36. The molecule has 0 spiro atoms. The molecule has 1 aromatic heterocycles. The van der Waals surface area contributed by atoms with Crippen LogP contribution in [-0.2, 0) is 20.1 Å². The predicted octanol–water partition coefficient (Wildman–Crippen LogP) is 4.51. The van der Waals surface area contributed by atoms with E-state index in [9.17, 15) is 18.8 Å². The lowest BCUT2D eigenvalue weighted by atomic mass is 10.0. The molecule has 2 N–H and O–H groups in total. The predicted molar refractivity (Wildman–Crippen MR) is 135 cm³/mol. The number of halogens is 1. The number of ketones is 1. The second-order valence-electron chi connectivity index (χ2n) is 8.73. The van der Waals surface area contributed by atoms with Crippen LogP contribution in [0.4, 0.5) is 4.39 Å². The molecule has 0 bridgehead atoms. The largest absolute Gasteiger partial charge is 0.484 e. The SMILES string of the molecule is CCCCC(NC(=O)C(CC(C)C)NC(=O)COc1ccc(F)cc1)C(=O)CSCc1ccco1. The van der Waals surface area contributed by atoms with Crippen LogP contribution < -0.4 is 15.4 Å². The molecule has 1 aromatic carbocycles. The maximum absolute atomic E-state index is 13.1. The third-order valence-electron chi connectivity index (χ3n) is 5.16. The van der Waals surface area contributed by atoms with E-state index in [0.717, 1.165) is 18.6 Å². The molecular formula is C26H35FN2O5S. The molecule has 2 unspecified atom stereocenters. The summed E-state index contributed by atoms with van der Waals surface area (Å²) in [6, 6.07) is 7.57. The number of furan rings is 1. The van der Waals surface area contributed by atoms with E-state index in [4.69, 9.17) is 9.15 Å². The molecule has 1 heterocycles. The van der Waals surface area contributed by atoms with Crippen molar-refractivity contribution >= 4 is 29.4 Å². The topological polar surface area (TPSA) is 97.6 Å². The Morgan fingerprint density at radius 3 is 2.46 bits per heavy atom. The van der Waals surface area contributed by atoms with E-state index in [-0.39, 0.29) is 30.0 Å². The lowest BCUT2D eigenvalue weighted by Gasteiger charge is -2.24. The molecule has 0 fully saturated rings. The Balaban J connectivity index is 1.93. The van der Waals surface area contributed by atoms with Gasteiger partial charge in [-0.3, -0.25) is 14.4 Å². The third-order valence-corrected chi connectivity index (χ3v) is 6.14. The fourth-order valence-corrected chi connectivity index (χ4v) is 4.23. The highest BCUT2D eigenvalue weighted by atomic mass is 32.2. The van der Waals surface area contributed by atoms with Crippen molar-refractivity contribution in [2.24, 2.45) is 5.92 Å². The van der Waals surface area contributed by atoms with Crippen molar-refractivity contribution in [1.82, 2.24) is 10.6 Å². The third kappa shape index (κ3) is 11.0. The summed E-state index contributed by atoms with van der Waals surface area (Å²) >= 11 is 1.44. The minimum atomic E-state index is -0.799. The summed E-state index contributed by atoms with van der Waals surface area (Å²) in [5.41, 5.74) is 0. The van der Waals surface area contributed by atoms with Crippen molar-refractivity contribution in [3.8, 4) is 5.75 Å². The summed E-state index contributed by atoms with van der Waals surface area (Å²) in [6.07, 6.45) is 4.24. The average molecular weight is 507 g/mol. The van der Waals surface area contributed by atoms with Crippen LogP contribution in [-0.4, -0.2) is 42.0 Å². The molecule has 2 atom stereocenters. The van der Waals surface area contributed by atoms with E-state index < -0.39 is 23.8 Å². The van der Waals surface area contributed by atoms with Gasteiger partial charge in [0.05, 0.1) is 23.8 Å². The summed E-state index contributed by atoms with van der Waals surface area (Å²) in [5, 5.41) is 5.58. The van der Waals surface area contributed by atoms with Crippen molar-refractivity contribution < 1.29 is 27.9 Å². The zero-order valence-corrected chi connectivity index (χ0v) is 21.4. The van der Waals surface area contributed by atoms with Gasteiger partial charge in [-0.25, -0.2) is 4.39 Å². The number of unbranched alkanes of at least 4 members (excludes halogenated alkanes) is 1. The molecule has 35 heavy (non-hydrogen) atoms. The first-order valence-electron chi connectivity index (χ1n) is 11.9. The number of benzene rings is 1. The van der Waals surface area contributed by atoms with Crippen LogP contribution in [0.25, 0.3) is 0 Å². The van der Waals surface area contributed by atoms with Gasteiger partial charge in [-0.1, -0.05) is 33.6 Å². The lowest BCUT2D eigenvalue weighted by Crippen LogP contribution is -2.53. The van der Waals surface area contributed by atoms with Crippen molar-refractivity contribution in [3.63, 3.8) is 0 Å². The lowest BCUT2D eigenvalue weighted by molar-refractivity contribution is -0.132. The van der Waals surface area contributed by atoms with Crippen LogP contribution in [0, 0.1) is 11.7 Å². The molecule has 0 aliphatic carbocycles. The molecule has 0 saturated heterocycles. The normalized spacial score (nSPS) is 12.7. The molecule has 7 nitrogen and oxygen atoms in total. The van der Waals surface area contributed by atoms with Crippen LogP contribution in [0.15, 0.2) is 47.1 Å². The quantitative estimate of drug-likeness (QED) is 0.348. The molecule has 0 saturated carbocycles. The zero-order valence-electron chi connectivity index (χ0n) is 20.6. The van der Waals surface area contributed by atoms with Gasteiger partial charge in [0.25, 0.3) is 5.91 Å². The Bertz CT molecular complexity index is 918. The number of hydrogen-bond donors (Lipinski definition) is 2. The molecule has 2 rings (SSSR count). The van der Waals surface area contributed by atoms with E-state index in [1.165, 1.54) is 36.0 Å². The van der Waals surface area contributed by atoms with E-state index in [2.05, 4.69) is 10.6 Å². The maximum atomic E-state index is 13.1. The Morgan fingerprint density at radius 1 is 1.09 bits per heavy atom. The van der Waals surface area contributed by atoms with Gasteiger partial charge in [0.15, 0.2) is 12.4 Å². The average Bonchev–Trinajstić information content (AvgIpc) is 3.34. The Kier molecular flexibility index (Phi) is 12.4. The number of thioether (sulfide) groups is 1. The second-order valence-corrected chi connectivity index (χ2v) is 9.72. The van der Waals surface area contributed by atoms with Gasteiger partial charge in [0, 0.05) is 0 Å². The van der Waals surface area contributed by atoms with Gasteiger partial charge < -0.3 is 19.8 Å². The zero-order chi connectivity index (χ0) is 25.6. The van der Waals surface area contributed by atoms with Crippen molar-refractivity contribution in [3.05, 3.63) is 54.2 Å². The molecule has 0 radical (unpaired) electrons. The standard InChI is InChI=1S/C26H35FN2O5S/c1-4-5-8-22(24(30)17-35-16-21-7-6-13-33-21)29-26(32)23(14-18(2)3)28-25(31)15-34-20-11-9-19(27)10-12-20/h6-7,9-13,18,22-23H,4-5,8,14-17H2,1-3H3,(H,28,31)(H,29,32). The molecule has 0 aliphatic heterocycles. The highest BCUT2D eigenvalue weighted by Gasteiger charge is 2.27. The number of nitrogens with one attached hydrogen (secondary N) is 2. The smallest absolute Gasteiger partial charge is 0.258 e. The first-order valence-corrected chi connectivity index (χ1v) is 13.0. The monoisotopic (exact) mass is 506 g/mol. The van der Waals surface area contributed by atoms with Crippen molar-refractivity contribution in [1.29, 1.82) is 0 Å². The molecular weight excluding hydrogens is 471 g/mol. The summed E-state index contributed by atoms with van der Waals surface area (Å²) in [7, 11) is 0. The van der Waals surface area contributed by atoms with Crippen LogP contribution in [0.3, 0.4) is 0 Å². The Hall–Kier alpha value is -2.81. The number of Topliss-reactive ketones (excluding diaryl/α,β-unsaturated/α-hetero) is 1. The summed E-state index contributed by atoms with van der Waals surface area (Å²) < 4.78 is 23.7. The number of carbonyl (C=O) groups is 3. The molecule has 2 aromatic rings. The van der Waals surface area contributed by atoms with Gasteiger partial charge in [-0.15, -0.1) is 11.8 Å². The second kappa shape index (κ2) is 15.2. The van der Waals surface area contributed by atoms with E-state index in [0.29, 0.717) is 24.3 Å². The van der Waals surface area contributed by atoms with Gasteiger partial charge in [-0.05, 0) is 55.2 Å². The number of hydrogen-bond acceptors (Lipinski definition) is 6. The van der Waals surface area contributed by atoms with Gasteiger partial charge in [0.1, 0.15) is 23.4 Å². The summed E-state index contributed by atoms with van der Waals surface area (Å²) in [6.45, 7) is 5.62. The maximum Gasteiger partial charge on any atom is 0.258 e. The summed E-state index contributed by atoms with van der Waals surface area (Å²) in [5.74, 6) is 0.787. The van der Waals surface area contributed by atoms with Gasteiger partial charge >= 0.3 is 0 Å². The number of amides is 2. The minimum absolute atomic E-state index is 0.0578. The van der Waals surface area contributed by atoms with Crippen LogP contribution in [0.1, 0.15) is 52.2 Å². The van der Waals surface area contributed by atoms with Gasteiger partial charge in [-0.2, -0.15) is 0 Å². The highest BCUT2D eigenvalue weighted by molar-refractivity contribution is 7.99. The Morgan fingerprint density at radius 2 is 1.83 bits per heavy atom. The van der Waals surface area contributed by atoms with E-state index in [1.54, 1.807) is 12.3 Å². The van der Waals surface area contributed by atoms with Gasteiger partial charge in [0.2, 0.25) is 5.91 Å². The van der Waals surface area contributed by atoms with Crippen molar-refractivity contribution in [2.45, 2.75) is 64.3 Å². The molecule has 9 heteroatoms.